The second-order valence-corrected chi connectivity index (χ2v) is 6.62. The van der Waals surface area contributed by atoms with Gasteiger partial charge in [0.05, 0.1) is 6.42 Å². The van der Waals surface area contributed by atoms with Crippen molar-refractivity contribution in [3.8, 4) is 0 Å². The number of carboxylic acids is 1. The van der Waals surface area contributed by atoms with Crippen molar-refractivity contribution in [3.63, 3.8) is 0 Å². The summed E-state index contributed by atoms with van der Waals surface area (Å²) < 4.78 is 0. The van der Waals surface area contributed by atoms with E-state index in [-0.39, 0.29) is 18.4 Å². The van der Waals surface area contributed by atoms with Gasteiger partial charge in [0.25, 0.3) is 0 Å². The molecule has 0 unspecified atom stereocenters. The summed E-state index contributed by atoms with van der Waals surface area (Å²) in [5.74, 6) is -0.682. The number of hydrogen-bond donors (Lipinski definition) is 2. The first-order valence-electron chi connectivity index (χ1n) is 8.63. The first kappa shape index (κ1) is 16.6. The van der Waals surface area contributed by atoms with Gasteiger partial charge in [-0.25, -0.2) is 0 Å². The van der Waals surface area contributed by atoms with Gasteiger partial charge in [0, 0.05) is 35.6 Å². The molecule has 1 saturated heterocycles. The van der Waals surface area contributed by atoms with Crippen LogP contribution in [0.5, 0.6) is 0 Å². The summed E-state index contributed by atoms with van der Waals surface area (Å²) >= 11 is 0. The molecule has 0 spiro atoms. The number of aromatic nitrogens is 1. The van der Waals surface area contributed by atoms with Gasteiger partial charge in [-0.1, -0.05) is 18.2 Å². The van der Waals surface area contributed by atoms with E-state index in [1.807, 2.05) is 36.1 Å². The first-order valence-corrected chi connectivity index (χ1v) is 8.63. The van der Waals surface area contributed by atoms with Crippen molar-refractivity contribution in [1.82, 2.24) is 9.88 Å². The van der Waals surface area contributed by atoms with Crippen molar-refractivity contribution < 1.29 is 14.7 Å². The fourth-order valence-corrected chi connectivity index (χ4v) is 3.73. The van der Waals surface area contributed by atoms with Gasteiger partial charge in [-0.15, -0.1) is 0 Å². The zero-order chi connectivity index (χ0) is 17.1. The van der Waals surface area contributed by atoms with Gasteiger partial charge in [-0.3, -0.25) is 9.59 Å². The number of benzene rings is 1. The van der Waals surface area contributed by atoms with E-state index in [1.54, 1.807) is 0 Å². The van der Waals surface area contributed by atoms with E-state index in [0.29, 0.717) is 12.8 Å². The van der Waals surface area contributed by atoms with E-state index >= 15 is 0 Å². The van der Waals surface area contributed by atoms with Crippen LogP contribution in [0.1, 0.15) is 43.4 Å². The molecule has 2 heterocycles. The fourth-order valence-electron chi connectivity index (χ4n) is 3.73. The third-order valence-electron chi connectivity index (χ3n) is 4.99. The highest BCUT2D eigenvalue weighted by molar-refractivity contribution is 5.90. The molecule has 0 radical (unpaired) electrons. The number of aryl methyl sites for hydroxylation is 1. The maximum Gasteiger partial charge on any atom is 0.303 e. The van der Waals surface area contributed by atoms with Gasteiger partial charge in [0.15, 0.2) is 0 Å². The molecule has 1 aliphatic heterocycles. The zero-order valence-electron chi connectivity index (χ0n) is 14.0. The number of fused-ring (bicyclic) bond motifs is 1. The lowest BCUT2D eigenvalue weighted by atomic mass is 9.96. The lowest BCUT2D eigenvalue weighted by Gasteiger charge is -2.36. The van der Waals surface area contributed by atoms with Crippen molar-refractivity contribution >= 4 is 22.8 Å². The third-order valence-corrected chi connectivity index (χ3v) is 4.99. The predicted octanol–water partition coefficient (Wildman–Crippen LogP) is 3.26. The number of aromatic amines is 1. The molecule has 2 aromatic rings. The monoisotopic (exact) mass is 328 g/mol. The topological polar surface area (TPSA) is 73.4 Å². The van der Waals surface area contributed by atoms with Crippen LogP contribution in [0.25, 0.3) is 10.9 Å². The van der Waals surface area contributed by atoms with Gasteiger partial charge in [0.2, 0.25) is 5.91 Å². The van der Waals surface area contributed by atoms with Gasteiger partial charge in [-0.05, 0) is 44.2 Å². The molecule has 1 aromatic heterocycles. The highest BCUT2D eigenvalue weighted by Crippen LogP contribution is 2.26. The number of carboxylic acid groups (broad SMARTS) is 1. The molecule has 5 heteroatoms. The summed E-state index contributed by atoms with van der Waals surface area (Å²) in [4.78, 5) is 29.0. The molecule has 128 valence electrons. The highest BCUT2D eigenvalue weighted by Gasteiger charge is 2.27. The summed E-state index contributed by atoms with van der Waals surface area (Å²) in [6.45, 7) is 2.74. The van der Waals surface area contributed by atoms with Gasteiger partial charge in [0.1, 0.15) is 0 Å². The number of carbonyl (C=O) groups is 2. The van der Waals surface area contributed by atoms with E-state index in [0.717, 1.165) is 48.0 Å². The van der Waals surface area contributed by atoms with Crippen LogP contribution in [-0.4, -0.2) is 39.5 Å². The van der Waals surface area contributed by atoms with Crippen LogP contribution >= 0.6 is 0 Å². The second-order valence-electron chi connectivity index (χ2n) is 6.62. The Bertz CT molecular complexity index is 750. The number of piperidine rings is 1. The van der Waals surface area contributed by atoms with Gasteiger partial charge in [-0.2, -0.15) is 0 Å². The Morgan fingerprint density at radius 2 is 2.08 bits per heavy atom. The number of para-hydroxylation sites is 1. The maximum atomic E-state index is 12.9. The van der Waals surface area contributed by atoms with Crippen LogP contribution in [0.2, 0.25) is 0 Å². The standard InChI is InChI=1S/C19H24N2O3/c1-13-16(15-7-2-3-8-17(15)20-13)12-18(22)21-11-5-4-6-14(21)9-10-19(23)24/h2-3,7-8,14,20H,4-6,9-12H2,1H3,(H,23,24)/t14-/m0/s1. The van der Waals surface area contributed by atoms with Gasteiger partial charge >= 0.3 is 5.97 Å². The predicted molar refractivity (Wildman–Crippen MR) is 93.0 cm³/mol. The molecule has 1 atom stereocenters. The molecule has 24 heavy (non-hydrogen) atoms. The minimum absolute atomic E-state index is 0.0628. The average molecular weight is 328 g/mol. The van der Waals surface area contributed by atoms with Crippen molar-refractivity contribution in [2.24, 2.45) is 0 Å². The molecular formula is C19H24N2O3. The van der Waals surface area contributed by atoms with Crippen LogP contribution in [-0.2, 0) is 16.0 Å². The Hall–Kier alpha value is -2.30. The summed E-state index contributed by atoms with van der Waals surface area (Å²) in [7, 11) is 0. The van der Waals surface area contributed by atoms with E-state index in [9.17, 15) is 9.59 Å². The van der Waals surface area contributed by atoms with E-state index in [4.69, 9.17) is 5.11 Å². The number of amides is 1. The zero-order valence-corrected chi connectivity index (χ0v) is 14.0. The van der Waals surface area contributed by atoms with Crippen LogP contribution in [0.15, 0.2) is 24.3 Å². The maximum absolute atomic E-state index is 12.9. The Balaban J connectivity index is 1.76. The molecule has 1 aromatic carbocycles. The van der Waals surface area contributed by atoms with Crippen molar-refractivity contribution in [3.05, 3.63) is 35.5 Å². The smallest absolute Gasteiger partial charge is 0.303 e. The second kappa shape index (κ2) is 7.07. The number of nitrogens with one attached hydrogen (secondary N) is 1. The van der Waals surface area contributed by atoms with Crippen molar-refractivity contribution in [2.75, 3.05) is 6.54 Å². The van der Waals surface area contributed by atoms with Crippen molar-refractivity contribution in [2.45, 2.75) is 51.5 Å². The molecule has 1 fully saturated rings. The minimum atomic E-state index is -0.791. The Kier molecular flexibility index (Phi) is 4.88. The molecule has 1 aliphatic rings. The number of carbonyl (C=O) groups excluding carboxylic acids is 1. The van der Waals surface area contributed by atoms with Crippen LogP contribution < -0.4 is 0 Å². The molecule has 2 N–H and O–H groups in total. The number of nitrogens with zero attached hydrogens (tertiary/aromatic N) is 1. The number of aliphatic carboxylic acids is 1. The summed E-state index contributed by atoms with van der Waals surface area (Å²) in [6.07, 6.45) is 4.03. The van der Waals surface area contributed by atoms with Crippen LogP contribution in [0.3, 0.4) is 0 Å². The highest BCUT2D eigenvalue weighted by atomic mass is 16.4. The number of hydrogen-bond acceptors (Lipinski definition) is 2. The van der Waals surface area contributed by atoms with Crippen LogP contribution in [0, 0.1) is 6.92 Å². The molecule has 0 bridgehead atoms. The molecule has 3 rings (SSSR count). The number of H-pyrrole nitrogens is 1. The van der Waals surface area contributed by atoms with Crippen LogP contribution in [0.4, 0.5) is 0 Å². The summed E-state index contributed by atoms with van der Waals surface area (Å²) in [5, 5.41) is 10.0. The Morgan fingerprint density at radius 3 is 2.88 bits per heavy atom. The number of likely N-dealkylation sites (tertiary alicyclic amines) is 1. The van der Waals surface area contributed by atoms with E-state index < -0.39 is 5.97 Å². The SMILES string of the molecule is Cc1[nH]c2ccccc2c1CC(=O)N1CCCC[C@H]1CCC(=O)O. The molecular weight excluding hydrogens is 304 g/mol. The molecule has 0 saturated carbocycles. The lowest BCUT2D eigenvalue weighted by molar-refractivity contribution is -0.139. The summed E-state index contributed by atoms with van der Waals surface area (Å²) in [6, 6.07) is 8.09. The van der Waals surface area contributed by atoms with Gasteiger partial charge < -0.3 is 15.0 Å². The average Bonchev–Trinajstić information content (AvgIpc) is 2.89. The summed E-state index contributed by atoms with van der Waals surface area (Å²) in [5.41, 5.74) is 3.14. The third kappa shape index (κ3) is 3.45. The Morgan fingerprint density at radius 1 is 1.29 bits per heavy atom. The molecule has 0 aliphatic carbocycles. The first-order chi connectivity index (χ1) is 11.6. The normalized spacial score (nSPS) is 18.0. The van der Waals surface area contributed by atoms with Crippen molar-refractivity contribution in [1.29, 1.82) is 0 Å². The van der Waals surface area contributed by atoms with E-state index in [2.05, 4.69) is 4.98 Å². The fraction of sp³-hybridized carbons (Fsp3) is 0.474. The quantitative estimate of drug-likeness (QED) is 0.885. The Labute approximate surface area is 141 Å². The molecule has 1 amide bonds. The largest absolute Gasteiger partial charge is 0.481 e. The minimum Gasteiger partial charge on any atom is -0.481 e. The molecule has 5 nitrogen and oxygen atoms in total. The lowest BCUT2D eigenvalue weighted by Crippen LogP contribution is -2.44. The number of rotatable bonds is 5. The van der Waals surface area contributed by atoms with E-state index in [1.165, 1.54) is 0 Å².